The standard InChI is InChI=1S/C24H26Cl2N4O6S2/c25-16-3-1-2-15(9-16)24(33,6-7-31)19-10-20(37-22(19)26)21(32)18-11-28-13-29-23(18)30-17-5-4-14(8-17)12-36-38(27,34)35/h1-3,9-11,13-14,17,31,33H,4-8,12H2,(H2,27,34,35)(H,28,29,30)/t14-,17+,24?/m1/s1. The van der Waals surface area contributed by atoms with E-state index in [4.69, 9.17) is 32.5 Å². The topological polar surface area (TPSA) is 165 Å². The molecule has 14 heteroatoms. The fourth-order valence-corrected chi connectivity index (χ4v) is 6.53. The molecule has 204 valence electrons. The van der Waals surface area contributed by atoms with E-state index in [9.17, 15) is 23.4 Å². The summed E-state index contributed by atoms with van der Waals surface area (Å²) in [5, 5.41) is 29.8. The van der Waals surface area contributed by atoms with E-state index in [0.29, 0.717) is 22.8 Å². The van der Waals surface area contributed by atoms with Gasteiger partial charge in [0.05, 0.1) is 17.0 Å². The van der Waals surface area contributed by atoms with Crippen LogP contribution in [-0.4, -0.2) is 53.6 Å². The summed E-state index contributed by atoms with van der Waals surface area (Å²) in [6, 6.07) is 8.05. The van der Waals surface area contributed by atoms with Gasteiger partial charge >= 0.3 is 10.3 Å². The quantitative estimate of drug-likeness (QED) is 0.241. The van der Waals surface area contributed by atoms with Gasteiger partial charge in [0.15, 0.2) is 0 Å². The number of hydrogen-bond donors (Lipinski definition) is 4. The van der Waals surface area contributed by atoms with Crippen molar-refractivity contribution in [2.24, 2.45) is 11.1 Å². The Balaban J connectivity index is 1.56. The number of ketones is 1. The molecular weight excluding hydrogens is 575 g/mol. The lowest BCUT2D eigenvalue weighted by atomic mass is 9.85. The molecule has 1 unspecified atom stereocenters. The summed E-state index contributed by atoms with van der Waals surface area (Å²) in [5.41, 5.74) is -0.735. The van der Waals surface area contributed by atoms with Crippen LogP contribution in [0.15, 0.2) is 42.9 Å². The third-order valence-corrected chi connectivity index (χ3v) is 8.50. The van der Waals surface area contributed by atoms with Crippen molar-refractivity contribution in [1.29, 1.82) is 0 Å². The van der Waals surface area contributed by atoms with Gasteiger partial charge in [-0.05, 0) is 48.9 Å². The lowest BCUT2D eigenvalue weighted by Gasteiger charge is -2.28. The molecule has 1 fully saturated rings. The van der Waals surface area contributed by atoms with E-state index in [1.54, 1.807) is 24.3 Å². The number of carbonyl (C=O) groups excluding carboxylic acids is 1. The Morgan fingerprint density at radius 1 is 1.29 bits per heavy atom. The zero-order chi connectivity index (χ0) is 27.5. The first kappa shape index (κ1) is 28.8. The van der Waals surface area contributed by atoms with Gasteiger partial charge < -0.3 is 15.5 Å². The number of nitrogens with zero attached hydrogens (tertiary/aromatic N) is 2. The van der Waals surface area contributed by atoms with Crippen LogP contribution in [0, 0.1) is 5.92 Å². The normalized spacial score (nSPS) is 19.3. The third kappa shape index (κ3) is 6.69. The van der Waals surface area contributed by atoms with Crippen LogP contribution < -0.4 is 10.5 Å². The average molecular weight is 602 g/mol. The molecule has 0 radical (unpaired) electrons. The Hall–Kier alpha value is -2.16. The Bertz CT molecular complexity index is 1420. The number of halogens is 2. The van der Waals surface area contributed by atoms with Crippen LogP contribution in [0.4, 0.5) is 5.82 Å². The zero-order valence-electron chi connectivity index (χ0n) is 20.0. The lowest BCUT2D eigenvalue weighted by Crippen LogP contribution is -2.28. The van der Waals surface area contributed by atoms with Gasteiger partial charge in [-0.25, -0.2) is 15.1 Å². The highest BCUT2D eigenvalue weighted by Crippen LogP contribution is 2.42. The van der Waals surface area contributed by atoms with Crippen molar-refractivity contribution in [2.75, 3.05) is 18.5 Å². The zero-order valence-corrected chi connectivity index (χ0v) is 23.2. The van der Waals surface area contributed by atoms with E-state index in [1.165, 1.54) is 18.6 Å². The number of aliphatic hydroxyl groups excluding tert-OH is 1. The number of benzene rings is 1. The molecule has 2 aromatic heterocycles. The summed E-state index contributed by atoms with van der Waals surface area (Å²) >= 11 is 13.7. The van der Waals surface area contributed by atoms with E-state index >= 15 is 0 Å². The van der Waals surface area contributed by atoms with Crippen LogP contribution in [-0.2, 0) is 20.1 Å². The minimum Gasteiger partial charge on any atom is -0.396 e. The summed E-state index contributed by atoms with van der Waals surface area (Å²) in [4.78, 5) is 22.0. The Morgan fingerprint density at radius 2 is 2.08 bits per heavy atom. The van der Waals surface area contributed by atoms with Crippen molar-refractivity contribution in [2.45, 2.75) is 37.3 Å². The fourth-order valence-electron chi connectivity index (χ4n) is 4.59. The maximum Gasteiger partial charge on any atom is 0.333 e. The Kier molecular flexibility index (Phi) is 9.05. The number of hydrogen-bond acceptors (Lipinski definition) is 10. The minimum absolute atomic E-state index is 0.00752. The van der Waals surface area contributed by atoms with Gasteiger partial charge in [0.2, 0.25) is 5.78 Å². The second kappa shape index (κ2) is 11.9. The molecule has 1 aromatic carbocycles. The van der Waals surface area contributed by atoms with Crippen LogP contribution in [0.2, 0.25) is 9.36 Å². The SMILES string of the molecule is NS(=O)(=O)OC[C@@H]1CC[C@H](Nc2ncncc2C(=O)c2cc(C(O)(CCO)c3cccc(Cl)c3)c(Cl)s2)C1. The van der Waals surface area contributed by atoms with Crippen molar-refractivity contribution in [1.82, 2.24) is 9.97 Å². The molecule has 3 atom stereocenters. The highest BCUT2D eigenvalue weighted by atomic mass is 35.5. The van der Waals surface area contributed by atoms with Gasteiger partial charge in [-0.1, -0.05) is 35.3 Å². The molecule has 0 saturated heterocycles. The molecule has 1 aliphatic carbocycles. The fraction of sp³-hybridized carbons (Fsp3) is 0.375. The van der Waals surface area contributed by atoms with Gasteiger partial charge in [-0.3, -0.25) is 8.98 Å². The summed E-state index contributed by atoms with van der Waals surface area (Å²) < 4.78 is 27.1. The smallest absolute Gasteiger partial charge is 0.333 e. The molecule has 2 heterocycles. The second-order valence-electron chi connectivity index (χ2n) is 9.05. The van der Waals surface area contributed by atoms with Crippen LogP contribution in [0.25, 0.3) is 0 Å². The van der Waals surface area contributed by atoms with E-state index in [1.807, 2.05) is 0 Å². The highest BCUT2D eigenvalue weighted by molar-refractivity contribution is 7.84. The summed E-state index contributed by atoms with van der Waals surface area (Å²) in [5.74, 6) is -0.0773. The van der Waals surface area contributed by atoms with E-state index < -0.39 is 21.7 Å². The molecule has 1 aliphatic rings. The van der Waals surface area contributed by atoms with Crippen LogP contribution in [0.5, 0.6) is 0 Å². The summed E-state index contributed by atoms with van der Waals surface area (Å²) in [6.45, 7) is -0.337. The molecule has 10 nitrogen and oxygen atoms in total. The molecular formula is C24H26Cl2N4O6S2. The monoisotopic (exact) mass is 600 g/mol. The highest BCUT2D eigenvalue weighted by Gasteiger charge is 2.36. The molecule has 0 aliphatic heterocycles. The van der Waals surface area contributed by atoms with Crippen molar-refractivity contribution in [3.8, 4) is 0 Å². The van der Waals surface area contributed by atoms with Crippen molar-refractivity contribution in [3.63, 3.8) is 0 Å². The molecule has 0 amide bonds. The molecule has 0 bridgehead atoms. The number of aromatic nitrogens is 2. The van der Waals surface area contributed by atoms with Crippen molar-refractivity contribution in [3.05, 3.63) is 73.8 Å². The van der Waals surface area contributed by atoms with Crippen LogP contribution in [0.1, 0.15) is 52.0 Å². The van der Waals surface area contributed by atoms with Gasteiger partial charge in [-0.15, -0.1) is 11.3 Å². The summed E-state index contributed by atoms with van der Waals surface area (Å²) in [7, 11) is -4.01. The Morgan fingerprint density at radius 3 is 2.79 bits per heavy atom. The lowest BCUT2D eigenvalue weighted by molar-refractivity contribution is 0.0514. The summed E-state index contributed by atoms with van der Waals surface area (Å²) in [6.07, 6.45) is 4.71. The number of carbonyl (C=O) groups is 1. The maximum atomic E-state index is 13.5. The van der Waals surface area contributed by atoms with Crippen LogP contribution >= 0.6 is 34.5 Å². The second-order valence-corrected chi connectivity index (χ2v) is 12.4. The molecule has 0 spiro atoms. The molecule has 4 rings (SSSR count). The minimum atomic E-state index is -4.01. The predicted molar refractivity (Wildman–Crippen MR) is 145 cm³/mol. The van der Waals surface area contributed by atoms with Crippen LogP contribution in [0.3, 0.4) is 0 Å². The largest absolute Gasteiger partial charge is 0.396 e. The number of rotatable bonds is 11. The van der Waals surface area contributed by atoms with Gasteiger partial charge in [0.25, 0.3) is 0 Å². The number of anilines is 1. The van der Waals surface area contributed by atoms with E-state index in [0.717, 1.165) is 24.2 Å². The molecule has 1 saturated carbocycles. The first-order chi connectivity index (χ1) is 18.0. The van der Waals surface area contributed by atoms with Gasteiger partial charge in [0.1, 0.15) is 22.1 Å². The molecule has 5 N–H and O–H groups in total. The number of nitrogens with one attached hydrogen (secondary N) is 1. The first-order valence-electron chi connectivity index (χ1n) is 11.7. The number of nitrogens with two attached hydrogens (primary N) is 1. The maximum absolute atomic E-state index is 13.5. The van der Waals surface area contributed by atoms with E-state index in [2.05, 4.69) is 15.3 Å². The molecule has 38 heavy (non-hydrogen) atoms. The predicted octanol–water partition coefficient (Wildman–Crippen LogP) is 3.49. The first-order valence-corrected chi connectivity index (χ1v) is 14.7. The average Bonchev–Trinajstić information content (AvgIpc) is 3.49. The third-order valence-electron chi connectivity index (χ3n) is 6.44. The molecule has 3 aromatic rings. The van der Waals surface area contributed by atoms with Gasteiger partial charge in [0, 0.05) is 35.9 Å². The van der Waals surface area contributed by atoms with E-state index in [-0.39, 0.29) is 51.9 Å². The van der Waals surface area contributed by atoms with Crippen molar-refractivity contribution < 1.29 is 27.6 Å². The Labute approximate surface area is 234 Å². The number of thiophene rings is 1. The van der Waals surface area contributed by atoms with Crippen molar-refractivity contribution >= 4 is 56.4 Å². The van der Waals surface area contributed by atoms with Gasteiger partial charge in [-0.2, -0.15) is 8.42 Å². The number of aliphatic hydroxyl groups is 2.